The predicted octanol–water partition coefficient (Wildman–Crippen LogP) is 6.85. The molecule has 206 valence electrons. The molecular weight excluding hydrogens is 509 g/mol. The van der Waals surface area contributed by atoms with Crippen LogP contribution in [-0.4, -0.2) is 36.2 Å². The number of hydrogen-bond acceptors (Lipinski definition) is 4. The summed E-state index contributed by atoms with van der Waals surface area (Å²) in [5.74, 6) is 0.108. The Morgan fingerprint density at radius 2 is 1.69 bits per heavy atom. The van der Waals surface area contributed by atoms with E-state index in [9.17, 15) is 22.8 Å². The highest BCUT2D eigenvalue weighted by molar-refractivity contribution is 6.05. The molecule has 0 fully saturated rings. The van der Waals surface area contributed by atoms with Crippen LogP contribution in [0.5, 0.6) is 5.75 Å². The summed E-state index contributed by atoms with van der Waals surface area (Å²) in [6, 6.07) is 15.5. The van der Waals surface area contributed by atoms with Crippen LogP contribution in [0.2, 0.25) is 0 Å². The first-order valence-corrected chi connectivity index (χ1v) is 12.6. The summed E-state index contributed by atoms with van der Waals surface area (Å²) >= 11 is 0. The third-order valence-corrected chi connectivity index (χ3v) is 6.39. The molecule has 0 atom stereocenters. The Labute approximate surface area is 225 Å². The number of halogens is 3. The van der Waals surface area contributed by atoms with Crippen LogP contribution >= 0.6 is 0 Å². The fourth-order valence-electron chi connectivity index (χ4n) is 4.48. The highest BCUT2D eigenvalue weighted by Gasteiger charge is 2.30. The van der Waals surface area contributed by atoms with Gasteiger partial charge in [-0.05, 0) is 80.3 Å². The van der Waals surface area contributed by atoms with Crippen LogP contribution in [0.1, 0.15) is 58.9 Å². The third kappa shape index (κ3) is 6.90. The number of anilines is 1. The molecule has 0 unspecified atom stereocenters. The Morgan fingerprint density at radius 3 is 2.33 bits per heavy atom. The summed E-state index contributed by atoms with van der Waals surface area (Å²) in [6.45, 7) is 6.41. The zero-order chi connectivity index (χ0) is 28.4. The molecule has 6 nitrogen and oxygen atoms in total. The minimum absolute atomic E-state index is 0.218. The smallest absolute Gasteiger partial charge is 0.416 e. The molecule has 9 heteroatoms. The number of alkyl halides is 3. The van der Waals surface area contributed by atoms with E-state index in [4.69, 9.17) is 9.47 Å². The number of benzene rings is 3. The van der Waals surface area contributed by atoms with Crippen LogP contribution in [0, 0.1) is 0 Å². The van der Waals surface area contributed by atoms with Gasteiger partial charge in [0.15, 0.2) is 0 Å². The van der Waals surface area contributed by atoms with Gasteiger partial charge in [0.05, 0.1) is 12.7 Å². The second-order valence-corrected chi connectivity index (χ2v) is 10.4. The van der Waals surface area contributed by atoms with Gasteiger partial charge < -0.3 is 19.7 Å². The van der Waals surface area contributed by atoms with E-state index in [1.54, 1.807) is 29.2 Å². The highest BCUT2D eigenvalue weighted by Crippen LogP contribution is 2.31. The number of nitrogens with zero attached hydrogens (tertiary/aromatic N) is 1. The van der Waals surface area contributed by atoms with Crippen molar-refractivity contribution in [3.05, 3.63) is 94.0 Å². The maximum absolute atomic E-state index is 13.3. The number of hydrogen-bond donors (Lipinski definition) is 1. The predicted molar refractivity (Wildman–Crippen MR) is 142 cm³/mol. The average molecular weight is 541 g/mol. The first kappa shape index (κ1) is 28.0. The summed E-state index contributed by atoms with van der Waals surface area (Å²) in [4.78, 5) is 27.5. The SMILES string of the molecule is COc1cccc(C(=O)Nc2ccc3c(c2)CCN(C(=O)OC(C)(C)C)C3)c1Cc1ccc(C(F)(F)F)cc1. The number of amides is 2. The first-order chi connectivity index (χ1) is 18.3. The molecule has 39 heavy (non-hydrogen) atoms. The van der Waals surface area contributed by atoms with Crippen molar-refractivity contribution in [2.75, 3.05) is 19.0 Å². The molecule has 3 aromatic carbocycles. The van der Waals surface area contributed by atoms with Crippen LogP contribution in [0.15, 0.2) is 60.7 Å². The number of rotatable bonds is 5. The number of ether oxygens (including phenoxy) is 2. The molecule has 0 aliphatic carbocycles. The van der Waals surface area contributed by atoms with E-state index in [1.807, 2.05) is 32.9 Å². The first-order valence-electron chi connectivity index (χ1n) is 12.6. The van der Waals surface area contributed by atoms with Crippen molar-refractivity contribution >= 4 is 17.7 Å². The summed E-state index contributed by atoms with van der Waals surface area (Å²) in [5, 5.41) is 2.93. The second-order valence-electron chi connectivity index (χ2n) is 10.4. The van der Waals surface area contributed by atoms with Crippen molar-refractivity contribution < 1.29 is 32.2 Å². The minimum atomic E-state index is -4.42. The fourth-order valence-corrected chi connectivity index (χ4v) is 4.48. The lowest BCUT2D eigenvalue weighted by atomic mass is 9.96. The van der Waals surface area contributed by atoms with Crippen LogP contribution in [0.4, 0.5) is 23.7 Å². The van der Waals surface area contributed by atoms with Gasteiger partial charge in [-0.2, -0.15) is 13.2 Å². The van der Waals surface area contributed by atoms with E-state index in [1.165, 1.54) is 19.2 Å². The summed E-state index contributed by atoms with van der Waals surface area (Å²) < 4.78 is 49.8. The molecule has 0 saturated heterocycles. The molecule has 0 radical (unpaired) electrons. The number of carbonyl (C=O) groups excluding carboxylic acids is 2. The van der Waals surface area contributed by atoms with Crippen molar-refractivity contribution in [1.29, 1.82) is 0 Å². The van der Waals surface area contributed by atoms with Gasteiger partial charge in [0.2, 0.25) is 0 Å². The molecule has 1 heterocycles. The number of carbonyl (C=O) groups is 2. The monoisotopic (exact) mass is 540 g/mol. The van der Waals surface area contributed by atoms with Crippen molar-refractivity contribution in [3.63, 3.8) is 0 Å². The molecule has 4 rings (SSSR count). The lowest BCUT2D eigenvalue weighted by molar-refractivity contribution is -0.137. The Hall–Kier alpha value is -4.01. The summed E-state index contributed by atoms with van der Waals surface area (Å²) in [5.41, 5.74) is 2.87. The maximum Gasteiger partial charge on any atom is 0.416 e. The molecule has 3 aromatic rings. The molecule has 1 aliphatic heterocycles. The standard InChI is InChI=1S/C30H31F3N2O4/c1-29(2,3)39-28(37)35-15-14-20-17-23(13-10-21(20)18-35)34-27(36)24-6-5-7-26(38-4)25(24)16-19-8-11-22(12-9-19)30(31,32)33/h5-13,17H,14-16,18H2,1-4H3,(H,34,36). The van der Waals surface area contributed by atoms with Gasteiger partial charge in [0.25, 0.3) is 5.91 Å². The highest BCUT2D eigenvalue weighted by atomic mass is 19.4. The van der Waals surface area contributed by atoms with Crippen molar-refractivity contribution in [2.24, 2.45) is 0 Å². The largest absolute Gasteiger partial charge is 0.496 e. The van der Waals surface area contributed by atoms with Gasteiger partial charge in [-0.25, -0.2) is 4.79 Å². The molecule has 0 aromatic heterocycles. The number of nitrogens with one attached hydrogen (secondary N) is 1. The zero-order valence-corrected chi connectivity index (χ0v) is 22.3. The molecule has 0 bridgehead atoms. The minimum Gasteiger partial charge on any atom is -0.496 e. The lowest BCUT2D eigenvalue weighted by Crippen LogP contribution is -2.39. The van der Waals surface area contributed by atoms with Crippen LogP contribution < -0.4 is 10.1 Å². The third-order valence-electron chi connectivity index (χ3n) is 6.39. The number of fused-ring (bicyclic) bond motifs is 1. The quantitative estimate of drug-likeness (QED) is 0.384. The molecule has 1 aliphatic rings. The van der Waals surface area contributed by atoms with Gasteiger partial charge in [0, 0.05) is 36.3 Å². The normalized spacial score (nSPS) is 13.5. The molecular formula is C30H31F3N2O4. The molecule has 0 spiro atoms. The van der Waals surface area contributed by atoms with Gasteiger partial charge in [-0.1, -0.05) is 24.3 Å². The Balaban J connectivity index is 1.51. The van der Waals surface area contributed by atoms with Gasteiger partial charge >= 0.3 is 12.3 Å². The number of methoxy groups -OCH3 is 1. The van der Waals surface area contributed by atoms with E-state index in [0.717, 1.165) is 23.3 Å². The summed E-state index contributed by atoms with van der Waals surface area (Å²) in [6.07, 6.45) is -3.94. The topological polar surface area (TPSA) is 67.9 Å². The lowest BCUT2D eigenvalue weighted by Gasteiger charge is -2.31. The molecule has 0 saturated carbocycles. The van der Waals surface area contributed by atoms with Crippen molar-refractivity contribution in [2.45, 2.75) is 51.9 Å². The summed E-state index contributed by atoms with van der Waals surface area (Å²) in [7, 11) is 1.48. The Bertz CT molecular complexity index is 1360. The van der Waals surface area contributed by atoms with Crippen molar-refractivity contribution in [1.82, 2.24) is 4.90 Å². The van der Waals surface area contributed by atoms with Crippen LogP contribution in [0.25, 0.3) is 0 Å². The average Bonchev–Trinajstić information content (AvgIpc) is 2.87. The molecule has 1 N–H and O–H groups in total. The van der Waals surface area contributed by atoms with E-state index >= 15 is 0 Å². The zero-order valence-electron chi connectivity index (χ0n) is 22.3. The fraction of sp³-hybridized carbons (Fsp3) is 0.333. The maximum atomic E-state index is 13.3. The van der Waals surface area contributed by atoms with E-state index in [-0.39, 0.29) is 18.4 Å². The Kier molecular flexibility index (Phi) is 7.90. The van der Waals surface area contributed by atoms with E-state index in [2.05, 4.69) is 5.32 Å². The van der Waals surface area contributed by atoms with Gasteiger partial charge in [-0.3, -0.25) is 4.79 Å². The van der Waals surface area contributed by atoms with E-state index in [0.29, 0.717) is 47.6 Å². The van der Waals surface area contributed by atoms with Gasteiger partial charge in [-0.15, -0.1) is 0 Å². The molecule has 2 amide bonds. The van der Waals surface area contributed by atoms with Gasteiger partial charge in [0.1, 0.15) is 11.4 Å². The van der Waals surface area contributed by atoms with Crippen LogP contribution in [-0.2, 0) is 30.3 Å². The van der Waals surface area contributed by atoms with Crippen molar-refractivity contribution in [3.8, 4) is 5.75 Å². The van der Waals surface area contributed by atoms with E-state index < -0.39 is 17.3 Å². The second kappa shape index (κ2) is 11.0. The van der Waals surface area contributed by atoms with Crippen LogP contribution in [0.3, 0.4) is 0 Å². The Morgan fingerprint density at radius 1 is 0.974 bits per heavy atom.